The van der Waals surface area contributed by atoms with Gasteiger partial charge in [-0.25, -0.2) is 13.6 Å². The summed E-state index contributed by atoms with van der Waals surface area (Å²) in [4.78, 5) is 39.8. The van der Waals surface area contributed by atoms with Gasteiger partial charge >= 0.3 is 6.16 Å². The third kappa shape index (κ3) is 4.17. The SMILES string of the molecule is O=C(O)OCOc1c2n(ccc1=O)N([C@H]1c3ccccc3SCc3c1ccc(F)c3F)[C@H]1COCCN1C2=O. The Morgan fingerprint density at radius 2 is 1.95 bits per heavy atom. The molecule has 202 valence electrons. The van der Waals surface area contributed by atoms with Gasteiger partial charge in [-0.1, -0.05) is 24.3 Å². The second-order valence-electron chi connectivity index (χ2n) is 8.97. The van der Waals surface area contributed by atoms with Crippen molar-refractivity contribution in [1.82, 2.24) is 9.58 Å². The molecule has 2 atom stereocenters. The van der Waals surface area contributed by atoms with Gasteiger partial charge in [-0.05, 0) is 23.3 Å². The Morgan fingerprint density at radius 3 is 2.77 bits per heavy atom. The average molecular weight is 558 g/mol. The van der Waals surface area contributed by atoms with Crippen molar-refractivity contribution in [2.24, 2.45) is 0 Å². The molecular weight excluding hydrogens is 536 g/mol. The van der Waals surface area contributed by atoms with Crippen LogP contribution in [0.3, 0.4) is 0 Å². The zero-order chi connectivity index (χ0) is 27.3. The molecule has 0 radical (unpaired) electrons. The molecule has 0 saturated carbocycles. The Kier molecular flexibility index (Phi) is 6.39. The Balaban J connectivity index is 1.60. The van der Waals surface area contributed by atoms with E-state index in [-0.39, 0.29) is 42.5 Å². The van der Waals surface area contributed by atoms with Crippen LogP contribution in [0.15, 0.2) is 58.4 Å². The van der Waals surface area contributed by atoms with Crippen molar-refractivity contribution in [2.75, 3.05) is 31.6 Å². The first-order chi connectivity index (χ1) is 18.9. The van der Waals surface area contributed by atoms with Crippen LogP contribution in [0.2, 0.25) is 0 Å². The lowest BCUT2D eigenvalue weighted by Crippen LogP contribution is -2.66. The molecule has 0 bridgehead atoms. The summed E-state index contributed by atoms with van der Waals surface area (Å²) < 4.78 is 46.6. The molecule has 1 N–H and O–H groups in total. The van der Waals surface area contributed by atoms with Crippen LogP contribution >= 0.6 is 11.8 Å². The summed E-state index contributed by atoms with van der Waals surface area (Å²) in [6.45, 7) is -0.251. The highest BCUT2D eigenvalue weighted by Crippen LogP contribution is 2.45. The summed E-state index contributed by atoms with van der Waals surface area (Å²) in [5, 5.41) is 10.6. The van der Waals surface area contributed by atoms with Gasteiger partial charge in [0.15, 0.2) is 17.3 Å². The van der Waals surface area contributed by atoms with Gasteiger partial charge in [0.25, 0.3) is 5.91 Å². The highest BCUT2D eigenvalue weighted by molar-refractivity contribution is 7.98. The molecule has 2 aromatic carbocycles. The van der Waals surface area contributed by atoms with Crippen LogP contribution in [0.1, 0.15) is 33.2 Å². The molecule has 0 unspecified atom stereocenters. The van der Waals surface area contributed by atoms with Crippen molar-refractivity contribution in [3.05, 3.63) is 92.9 Å². The molecule has 1 fully saturated rings. The summed E-state index contributed by atoms with van der Waals surface area (Å²) in [5.74, 6) is -2.64. The summed E-state index contributed by atoms with van der Waals surface area (Å²) in [7, 11) is 0. The van der Waals surface area contributed by atoms with Gasteiger partial charge in [-0.3, -0.25) is 19.3 Å². The van der Waals surface area contributed by atoms with Crippen LogP contribution < -0.4 is 15.2 Å². The van der Waals surface area contributed by atoms with Crippen molar-refractivity contribution in [3.8, 4) is 5.75 Å². The summed E-state index contributed by atoms with van der Waals surface area (Å²) >= 11 is 1.37. The number of halogens is 2. The number of carbonyl (C=O) groups excluding carboxylic acids is 1. The largest absolute Gasteiger partial charge is 0.508 e. The number of carbonyl (C=O) groups is 2. The number of ether oxygens (including phenoxy) is 3. The number of hydrogen-bond acceptors (Lipinski definition) is 8. The molecule has 0 aliphatic carbocycles. The van der Waals surface area contributed by atoms with Crippen molar-refractivity contribution < 1.29 is 37.7 Å². The minimum absolute atomic E-state index is 0.112. The number of thioether (sulfide) groups is 1. The third-order valence-corrected chi connectivity index (χ3v) is 8.03. The first-order valence-corrected chi connectivity index (χ1v) is 13.0. The average Bonchev–Trinajstić information content (AvgIpc) is 3.09. The zero-order valence-electron chi connectivity index (χ0n) is 20.2. The Hall–Kier alpha value is -4.10. The van der Waals surface area contributed by atoms with Crippen molar-refractivity contribution in [2.45, 2.75) is 22.9 Å². The Bertz CT molecular complexity index is 1550. The van der Waals surface area contributed by atoms with E-state index in [0.717, 1.165) is 16.5 Å². The van der Waals surface area contributed by atoms with Crippen LogP contribution in [-0.2, 0) is 15.2 Å². The molecule has 39 heavy (non-hydrogen) atoms. The number of rotatable bonds is 4. The summed E-state index contributed by atoms with van der Waals surface area (Å²) in [6, 6.07) is 10.5. The maximum absolute atomic E-state index is 15.2. The number of pyridine rings is 1. The molecular formula is C26H21F2N3O7S. The predicted molar refractivity (Wildman–Crippen MR) is 133 cm³/mol. The summed E-state index contributed by atoms with van der Waals surface area (Å²) in [5.41, 5.74) is 0.671. The first-order valence-electron chi connectivity index (χ1n) is 12.0. The maximum atomic E-state index is 15.2. The number of amides is 1. The van der Waals surface area contributed by atoms with Crippen LogP contribution in [-0.4, -0.2) is 59.5 Å². The molecule has 3 aliphatic rings. The van der Waals surface area contributed by atoms with Crippen LogP contribution in [0.25, 0.3) is 0 Å². The molecule has 1 aromatic heterocycles. The van der Waals surface area contributed by atoms with Crippen molar-refractivity contribution in [3.63, 3.8) is 0 Å². The number of morpholine rings is 1. The standard InChI is InChI=1S/C26H21F2N3O7S/c27-17-6-5-14-16(21(17)28)12-39-19-4-2-1-3-15(19)22(14)31-20-11-36-10-9-29(20)25(33)23-24(37-13-38-26(34)35)18(32)7-8-30(23)31/h1-8,20,22H,9-13H2,(H,34,35)/t20-,22+/m0/s1. The van der Waals surface area contributed by atoms with Crippen molar-refractivity contribution >= 4 is 23.8 Å². The molecule has 0 spiro atoms. The number of fused-ring (bicyclic) bond motifs is 4. The second kappa shape index (κ2) is 9.89. The van der Waals surface area contributed by atoms with E-state index in [1.54, 1.807) is 5.01 Å². The normalized spacial score (nSPS) is 19.8. The van der Waals surface area contributed by atoms with Crippen LogP contribution in [0.4, 0.5) is 13.6 Å². The van der Waals surface area contributed by atoms with Gasteiger partial charge in [-0.2, -0.15) is 0 Å². The zero-order valence-corrected chi connectivity index (χ0v) is 21.0. The van der Waals surface area contributed by atoms with Gasteiger partial charge < -0.3 is 24.2 Å². The highest BCUT2D eigenvalue weighted by Gasteiger charge is 2.46. The Labute approximate surface area is 224 Å². The number of carboxylic acid groups (broad SMARTS) is 1. The highest BCUT2D eigenvalue weighted by atomic mass is 32.2. The summed E-state index contributed by atoms with van der Waals surface area (Å²) in [6.07, 6.45) is -0.877. The van der Waals surface area contributed by atoms with Crippen LogP contribution in [0, 0.1) is 11.6 Å². The monoisotopic (exact) mass is 557 g/mol. The minimum Gasteiger partial charge on any atom is -0.451 e. The molecule has 1 saturated heterocycles. The van der Waals surface area contributed by atoms with E-state index >= 15 is 4.39 Å². The van der Waals surface area contributed by atoms with Crippen LogP contribution in [0.5, 0.6) is 5.75 Å². The lowest BCUT2D eigenvalue weighted by Gasteiger charge is -2.51. The van der Waals surface area contributed by atoms with Crippen molar-refractivity contribution in [1.29, 1.82) is 0 Å². The third-order valence-electron chi connectivity index (χ3n) is 6.92. The van der Waals surface area contributed by atoms with Gasteiger partial charge in [0.1, 0.15) is 6.17 Å². The topological polar surface area (TPSA) is 111 Å². The number of nitrogens with zero attached hydrogens (tertiary/aromatic N) is 3. The van der Waals surface area contributed by atoms with E-state index < -0.39 is 48.1 Å². The molecule has 6 rings (SSSR count). The molecule has 4 heterocycles. The van der Waals surface area contributed by atoms with Gasteiger partial charge in [0.2, 0.25) is 18.0 Å². The van der Waals surface area contributed by atoms with E-state index in [4.69, 9.17) is 14.6 Å². The number of aromatic nitrogens is 1. The fraction of sp³-hybridized carbons (Fsp3) is 0.269. The fourth-order valence-corrected chi connectivity index (χ4v) is 6.36. The molecule has 1 amide bonds. The lowest BCUT2D eigenvalue weighted by molar-refractivity contribution is -0.0207. The minimum atomic E-state index is -1.61. The van der Waals surface area contributed by atoms with Gasteiger partial charge in [0, 0.05) is 35.0 Å². The predicted octanol–water partition coefficient (Wildman–Crippen LogP) is 3.30. The molecule has 10 nitrogen and oxygen atoms in total. The first kappa shape index (κ1) is 25.2. The Morgan fingerprint density at radius 1 is 1.13 bits per heavy atom. The van der Waals surface area contributed by atoms with E-state index in [9.17, 15) is 18.8 Å². The fourth-order valence-electron chi connectivity index (χ4n) is 5.25. The molecule has 3 aromatic rings. The maximum Gasteiger partial charge on any atom is 0.508 e. The molecule has 3 aliphatic heterocycles. The molecule has 13 heteroatoms. The van der Waals surface area contributed by atoms with E-state index in [2.05, 4.69) is 4.74 Å². The van der Waals surface area contributed by atoms with E-state index in [1.807, 2.05) is 24.3 Å². The van der Waals surface area contributed by atoms with E-state index in [0.29, 0.717) is 5.56 Å². The van der Waals surface area contributed by atoms with Gasteiger partial charge in [0.05, 0.1) is 19.3 Å². The number of benzene rings is 2. The lowest BCUT2D eigenvalue weighted by atomic mass is 9.93. The van der Waals surface area contributed by atoms with E-state index in [1.165, 1.54) is 39.7 Å². The van der Waals surface area contributed by atoms with Gasteiger partial charge in [-0.15, -0.1) is 11.8 Å². The smallest absolute Gasteiger partial charge is 0.451 e. The number of hydrogen-bond donors (Lipinski definition) is 1. The second-order valence-corrected chi connectivity index (χ2v) is 9.98. The quantitative estimate of drug-likeness (QED) is 0.382.